The van der Waals surface area contributed by atoms with E-state index in [1.165, 1.54) is 0 Å². The fraction of sp³-hybridized carbons (Fsp3) is 0.455. The van der Waals surface area contributed by atoms with Crippen LogP contribution in [0.15, 0.2) is 24.3 Å². The molecule has 1 aromatic rings. The van der Waals surface area contributed by atoms with Gasteiger partial charge in [0.2, 0.25) is 0 Å². The number of nitrogens with one attached hydrogen (secondary N) is 1. The first kappa shape index (κ1) is 8.57. The zero-order chi connectivity index (χ0) is 9.26. The SMILES string of the molecule is CCC1CC(O)c2ccccc2N1. The maximum atomic E-state index is 9.82. The van der Waals surface area contributed by atoms with E-state index in [0.29, 0.717) is 6.04 Å². The van der Waals surface area contributed by atoms with Gasteiger partial charge in [-0.1, -0.05) is 25.1 Å². The van der Waals surface area contributed by atoms with E-state index in [1.54, 1.807) is 0 Å². The fourth-order valence-corrected chi connectivity index (χ4v) is 1.86. The van der Waals surface area contributed by atoms with Crippen LogP contribution in [0.5, 0.6) is 0 Å². The van der Waals surface area contributed by atoms with Crippen LogP contribution >= 0.6 is 0 Å². The number of benzene rings is 1. The molecule has 2 N–H and O–H groups in total. The molecule has 0 radical (unpaired) electrons. The van der Waals surface area contributed by atoms with E-state index in [0.717, 1.165) is 24.1 Å². The lowest BCUT2D eigenvalue weighted by molar-refractivity contribution is 0.155. The van der Waals surface area contributed by atoms with Crippen LogP contribution in [-0.4, -0.2) is 11.1 Å². The highest BCUT2D eigenvalue weighted by atomic mass is 16.3. The van der Waals surface area contributed by atoms with Crippen molar-refractivity contribution < 1.29 is 5.11 Å². The van der Waals surface area contributed by atoms with Gasteiger partial charge < -0.3 is 10.4 Å². The zero-order valence-electron chi connectivity index (χ0n) is 7.83. The van der Waals surface area contributed by atoms with Crippen molar-refractivity contribution in [3.63, 3.8) is 0 Å². The second-order valence-electron chi connectivity index (χ2n) is 3.59. The highest BCUT2D eigenvalue weighted by Gasteiger charge is 2.22. The maximum absolute atomic E-state index is 9.82. The van der Waals surface area contributed by atoms with E-state index >= 15 is 0 Å². The highest BCUT2D eigenvalue weighted by molar-refractivity contribution is 5.54. The van der Waals surface area contributed by atoms with Gasteiger partial charge in [0.25, 0.3) is 0 Å². The molecule has 2 heteroatoms. The van der Waals surface area contributed by atoms with Crippen LogP contribution in [0.25, 0.3) is 0 Å². The lowest BCUT2D eigenvalue weighted by atomic mass is 9.94. The molecule has 70 valence electrons. The number of aliphatic hydroxyl groups excluding tert-OH is 1. The summed E-state index contributed by atoms with van der Waals surface area (Å²) in [6.45, 7) is 2.14. The summed E-state index contributed by atoms with van der Waals surface area (Å²) in [5.74, 6) is 0. The minimum atomic E-state index is -0.289. The van der Waals surface area contributed by atoms with Crippen molar-refractivity contribution in [3.8, 4) is 0 Å². The molecule has 1 aliphatic heterocycles. The molecule has 0 saturated carbocycles. The quantitative estimate of drug-likeness (QED) is 0.690. The summed E-state index contributed by atoms with van der Waals surface area (Å²) in [6.07, 6.45) is 1.60. The molecule has 2 unspecified atom stereocenters. The second kappa shape index (κ2) is 3.38. The van der Waals surface area contributed by atoms with Crippen molar-refractivity contribution in [2.45, 2.75) is 31.9 Å². The number of aliphatic hydroxyl groups is 1. The molecule has 0 aromatic heterocycles. The van der Waals surface area contributed by atoms with Gasteiger partial charge in [0, 0.05) is 17.3 Å². The molecule has 0 amide bonds. The van der Waals surface area contributed by atoms with Crippen molar-refractivity contribution in [3.05, 3.63) is 29.8 Å². The normalized spacial score (nSPS) is 26.3. The Kier molecular flexibility index (Phi) is 2.23. The fourth-order valence-electron chi connectivity index (χ4n) is 1.86. The van der Waals surface area contributed by atoms with Crippen LogP contribution in [0.3, 0.4) is 0 Å². The van der Waals surface area contributed by atoms with Crippen molar-refractivity contribution >= 4 is 5.69 Å². The van der Waals surface area contributed by atoms with Crippen molar-refractivity contribution in [2.75, 3.05) is 5.32 Å². The number of para-hydroxylation sites is 1. The molecular weight excluding hydrogens is 162 g/mol. The third kappa shape index (κ3) is 1.54. The van der Waals surface area contributed by atoms with Crippen LogP contribution in [-0.2, 0) is 0 Å². The standard InChI is InChI=1S/C11H15NO/c1-2-8-7-11(13)9-5-3-4-6-10(9)12-8/h3-6,8,11-13H,2,7H2,1H3. The minimum Gasteiger partial charge on any atom is -0.388 e. The van der Waals surface area contributed by atoms with Crippen LogP contribution in [0.4, 0.5) is 5.69 Å². The van der Waals surface area contributed by atoms with Gasteiger partial charge in [0.15, 0.2) is 0 Å². The first-order valence-corrected chi connectivity index (χ1v) is 4.84. The summed E-state index contributed by atoms with van der Waals surface area (Å²) in [4.78, 5) is 0. The Bertz CT molecular complexity index is 298. The van der Waals surface area contributed by atoms with Crippen LogP contribution in [0, 0.1) is 0 Å². The van der Waals surface area contributed by atoms with E-state index in [2.05, 4.69) is 12.2 Å². The number of anilines is 1. The predicted octanol–water partition coefficient (Wildman–Crippen LogP) is 2.31. The second-order valence-corrected chi connectivity index (χ2v) is 3.59. The Labute approximate surface area is 78.6 Å². The molecule has 13 heavy (non-hydrogen) atoms. The van der Waals surface area contributed by atoms with Crippen molar-refractivity contribution in [1.82, 2.24) is 0 Å². The van der Waals surface area contributed by atoms with E-state index in [-0.39, 0.29) is 6.10 Å². The molecular formula is C11H15NO. The molecule has 1 aromatic carbocycles. The third-order valence-corrected chi connectivity index (χ3v) is 2.68. The molecule has 2 nitrogen and oxygen atoms in total. The topological polar surface area (TPSA) is 32.3 Å². The molecule has 1 heterocycles. The smallest absolute Gasteiger partial charge is 0.0829 e. The van der Waals surface area contributed by atoms with Gasteiger partial charge in [-0.3, -0.25) is 0 Å². The summed E-state index contributed by atoms with van der Waals surface area (Å²) in [6, 6.07) is 8.40. The number of hydrogen-bond donors (Lipinski definition) is 2. The van der Waals surface area contributed by atoms with E-state index < -0.39 is 0 Å². The molecule has 0 bridgehead atoms. The maximum Gasteiger partial charge on any atom is 0.0829 e. The molecule has 0 spiro atoms. The summed E-state index contributed by atoms with van der Waals surface area (Å²) in [7, 11) is 0. The van der Waals surface area contributed by atoms with Crippen molar-refractivity contribution in [2.24, 2.45) is 0 Å². The highest BCUT2D eigenvalue weighted by Crippen LogP contribution is 2.32. The summed E-state index contributed by atoms with van der Waals surface area (Å²) < 4.78 is 0. The van der Waals surface area contributed by atoms with Crippen LogP contribution in [0.1, 0.15) is 31.4 Å². The minimum absolute atomic E-state index is 0.289. The first-order chi connectivity index (χ1) is 6.31. The van der Waals surface area contributed by atoms with Crippen LogP contribution in [0.2, 0.25) is 0 Å². The van der Waals surface area contributed by atoms with Gasteiger partial charge in [0.1, 0.15) is 0 Å². The summed E-state index contributed by atoms with van der Waals surface area (Å²) in [5.41, 5.74) is 2.13. The van der Waals surface area contributed by atoms with Gasteiger partial charge in [-0.05, 0) is 18.9 Å². The Morgan fingerprint density at radius 1 is 1.46 bits per heavy atom. The molecule has 2 rings (SSSR count). The zero-order valence-corrected chi connectivity index (χ0v) is 7.83. The lowest BCUT2D eigenvalue weighted by Gasteiger charge is -2.29. The first-order valence-electron chi connectivity index (χ1n) is 4.84. The van der Waals surface area contributed by atoms with E-state index in [9.17, 15) is 5.11 Å². The molecule has 0 saturated heterocycles. The molecule has 1 aliphatic rings. The number of fused-ring (bicyclic) bond motifs is 1. The Balaban J connectivity index is 2.31. The van der Waals surface area contributed by atoms with Gasteiger partial charge >= 0.3 is 0 Å². The summed E-state index contributed by atoms with van der Waals surface area (Å²) >= 11 is 0. The Hall–Kier alpha value is -1.02. The van der Waals surface area contributed by atoms with E-state index in [1.807, 2.05) is 24.3 Å². The average Bonchev–Trinajstić information content (AvgIpc) is 2.18. The van der Waals surface area contributed by atoms with Gasteiger partial charge in [-0.25, -0.2) is 0 Å². The average molecular weight is 177 g/mol. The summed E-state index contributed by atoms with van der Waals surface area (Å²) in [5, 5.41) is 13.2. The number of hydrogen-bond acceptors (Lipinski definition) is 2. The van der Waals surface area contributed by atoms with Gasteiger partial charge in [-0.2, -0.15) is 0 Å². The molecule has 0 aliphatic carbocycles. The molecule has 0 fully saturated rings. The Morgan fingerprint density at radius 3 is 3.00 bits per heavy atom. The largest absolute Gasteiger partial charge is 0.388 e. The van der Waals surface area contributed by atoms with Crippen molar-refractivity contribution in [1.29, 1.82) is 0 Å². The Morgan fingerprint density at radius 2 is 2.23 bits per heavy atom. The number of rotatable bonds is 1. The van der Waals surface area contributed by atoms with Gasteiger partial charge in [-0.15, -0.1) is 0 Å². The lowest BCUT2D eigenvalue weighted by Crippen LogP contribution is -2.27. The third-order valence-electron chi connectivity index (χ3n) is 2.68. The monoisotopic (exact) mass is 177 g/mol. The molecule has 2 atom stereocenters. The van der Waals surface area contributed by atoms with E-state index in [4.69, 9.17) is 0 Å². The van der Waals surface area contributed by atoms with Crippen LogP contribution < -0.4 is 5.32 Å². The predicted molar refractivity (Wildman–Crippen MR) is 53.7 cm³/mol. The van der Waals surface area contributed by atoms with Gasteiger partial charge in [0.05, 0.1) is 6.10 Å².